The largest absolute Gasteiger partial charge is 0.311 e. The van der Waals surface area contributed by atoms with E-state index in [4.69, 9.17) is 11.6 Å². The van der Waals surface area contributed by atoms with Gasteiger partial charge in [-0.1, -0.05) is 37.6 Å². The molecule has 112 valence electrons. The van der Waals surface area contributed by atoms with E-state index < -0.39 is 5.82 Å². The monoisotopic (exact) mass is 307 g/mol. The molecule has 0 unspecified atom stereocenters. The first kappa shape index (κ1) is 15.9. The van der Waals surface area contributed by atoms with Gasteiger partial charge in [-0.15, -0.1) is 0 Å². The highest BCUT2D eigenvalue weighted by Gasteiger charge is 2.09. The number of halogens is 2. The van der Waals surface area contributed by atoms with Crippen LogP contribution in [0.2, 0.25) is 5.02 Å². The molecule has 0 amide bonds. The van der Waals surface area contributed by atoms with E-state index in [-0.39, 0.29) is 5.02 Å². The third-order valence-electron chi connectivity index (χ3n) is 3.00. The van der Waals surface area contributed by atoms with Gasteiger partial charge in [-0.3, -0.25) is 0 Å². The molecule has 0 fully saturated rings. The maximum absolute atomic E-state index is 13.9. The molecule has 0 aliphatic carbocycles. The zero-order valence-corrected chi connectivity index (χ0v) is 13.0. The van der Waals surface area contributed by atoms with E-state index >= 15 is 0 Å². The van der Waals surface area contributed by atoms with Gasteiger partial charge in [-0.2, -0.15) is 0 Å². The molecule has 1 N–H and O–H groups in total. The van der Waals surface area contributed by atoms with Crippen molar-refractivity contribution in [1.29, 1.82) is 0 Å². The summed E-state index contributed by atoms with van der Waals surface area (Å²) in [5.74, 6) is 0.790. The van der Waals surface area contributed by atoms with Gasteiger partial charge in [-0.25, -0.2) is 14.4 Å². The van der Waals surface area contributed by atoms with Crippen molar-refractivity contribution in [3.05, 3.63) is 58.4 Å². The van der Waals surface area contributed by atoms with E-state index in [0.29, 0.717) is 30.3 Å². The van der Waals surface area contributed by atoms with Crippen LogP contribution in [0.4, 0.5) is 4.39 Å². The molecule has 2 aromatic rings. The topological polar surface area (TPSA) is 37.8 Å². The van der Waals surface area contributed by atoms with Gasteiger partial charge in [0.2, 0.25) is 0 Å². The lowest BCUT2D eigenvalue weighted by atomic mass is 10.1. The smallest absolute Gasteiger partial charge is 0.145 e. The van der Waals surface area contributed by atoms with Crippen LogP contribution in [0.1, 0.15) is 30.9 Å². The van der Waals surface area contributed by atoms with Crippen LogP contribution in [0.25, 0.3) is 0 Å². The first-order valence-electron chi connectivity index (χ1n) is 7.00. The molecule has 0 aliphatic heterocycles. The van der Waals surface area contributed by atoms with Crippen LogP contribution in [-0.4, -0.2) is 16.5 Å². The standard InChI is InChI=1S/C16H19ClFN3/c1-11(2)9-19-10-13-6-7-20-15(21-13)8-12-4-3-5-14(17)16(12)18/h3-7,11,19H,8-10H2,1-2H3. The second-order valence-corrected chi connectivity index (χ2v) is 5.79. The Morgan fingerprint density at radius 1 is 1.29 bits per heavy atom. The molecule has 1 aromatic heterocycles. The number of nitrogens with one attached hydrogen (secondary N) is 1. The zero-order valence-electron chi connectivity index (χ0n) is 12.2. The number of nitrogens with zero attached hydrogens (tertiary/aromatic N) is 2. The highest BCUT2D eigenvalue weighted by atomic mass is 35.5. The Hall–Kier alpha value is -1.52. The first-order chi connectivity index (χ1) is 10.1. The minimum Gasteiger partial charge on any atom is -0.311 e. The zero-order chi connectivity index (χ0) is 15.2. The average molecular weight is 308 g/mol. The van der Waals surface area contributed by atoms with Crippen molar-refractivity contribution < 1.29 is 4.39 Å². The lowest BCUT2D eigenvalue weighted by Gasteiger charge is -2.08. The van der Waals surface area contributed by atoms with E-state index in [1.807, 2.05) is 6.07 Å². The third-order valence-corrected chi connectivity index (χ3v) is 3.29. The molecule has 5 heteroatoms. The summed E-state index contributed by atoms with van der Waals surface area (Å²) in [7, 11) is 0. The minimum atomic E-state index is -0.397. The van der Waals surface area contributed by atoms with Crippen LogP contribution >= 0.6 is 11.6 Å². The Bertz CT molecular complexity index is 602. The van der Waals surface area contributed by atoms with Crippen LogP contribution in [-0.2, 0) is 13.0 Å². The quantitative estimate of drug-likeness (QED) is 0.886. The van der Waals surface area contributed by atoms with Crippen molar-refractivity contribution in [2.75, 3.05) is 6.54 Å². The predicted octanol–water partition coefficient (Wildman–Crippen LogP) is 3.61. The second-order valence-electron chi connectivity index (χ2n) is 5.38. The number of aromatic nitrogens is 2. The Morgan fingerprint density at radius 2 is 2.10 bits per heavy atom. The molecule has 21 heavy (non-hydrogen) atoms. The van der Waals surface area contributed by atoms with Crippen LogP contribution in [0, 0.1) is 11.7 Å². The molecule has 0 saturated heterocycles. The van der Waals surface area contributed by atoms with Gasteiger partial charge in [0.25, 0.3) is 0 Å². The molecule has 0 spiro atoms. The fourth-order valence-corrected chi connectivity index (χ4v) is 2.16. The van der Waals surface area contributed by atoms with Gasteiger partial charge in [0.1, 0.15) is 11.6 Å². The summed E-state index contributed by atoms with van der Waals surface area (Å²) in [5, 5.41) is 3.45. The number of hydrogen-bond acceptors (Lipinski definition) is 3. The van der Waals surface area contributed by atoms with Crippen molar-refractivity contribution >= 4 is 11.6 Å². The van der Waals surface area contributed by atoms with Crippen molar-refractivity contribution in [2.24, 2.45) is 5.92 Å². The number of hydrogen-bond donors (Lipinski definition) is 1. The Morgan fingerprint density at radius 3 is 2.86 bits per heavy atom. The fraction of sp³-hybridized carbons (Fsp3) is 0.375. The SMILES string of the molecule is CC(C)CNCc1ccnc(Cc2cccc(Cl)c2F)n1. The average Bonchev–Trinajstić information content (AvgIpc) is 2.44. The Kier molecular flexibility index (Phi) is 5.65. The molecule has 1 aromatic carbocycles. The molecule has 0 aliphatic rings. The van der Waals surface area contributed by atoms with Gasteiger partial charge < -0.3 is 5.32 Å². The lowest BCUT2D eigenvalue weighted by Crippen LogP contribution is -2.20. The van der Waals surface area contributed by atoms with E-state index in [1.165, 1.54) is 6.07 Å². The first-order valence-corrected chi connectivity index (χ1v) is 7.38. The number of benzene rings is 1. The van der Waals surface area contributed by atoms with E-state index in [1.54, 1.807) is 18.3 Å². The maximum Gasteiger partial charge on any atom is 0.145 e. The third kappa shape index (κ3) is 4.76. The maximum atomic E-state index is 13.9. The van der Waals surface area contributed by atoms with Crippen LogP contribution in [0.15, 0.2) is 30.5 Å². The molecule has 2 rings (SSSR count). The summed E-state index contributed by atoms with van der Waals surface area (Å²) in [6.07, 6.45) is 2.04. The van der Waals surface area contributed by atoms with Gasteiger partial charge in [0.05, 0.1) is 10.7 Å². The van der Waals surface area contributed by atoms with Crippen molar-refractivity contribution in [3.8, 4) is 0 Å². The van der Waals surface area contributed by atoms with Crippen molar-refractivity contribution in [3.63, 3.8) is 0 Å². The molecule has 0 radical (unpaired) electrons. The highest BCUT2D eigenvalue weighted by Crippen LogP contribution is 2.19. The Balaban J connectivity index is 2.05. The molecular formula is C16H19ClFN3. The molecule has 1 heterocycles. The van der Waals surface area contributed by atoms with Crippen molar-refractivity contribution in [1.82, 2.24) is 15.3 Å². The summed E-state index contributed by atoms with van der Waals surface area (Å²) >= 11 is 5.78. The molecule has 0 bridgehead atoms. The normalized spacial score (nSPS) is 11.1. The van der Waals surface area contributed by atoms with Gasteiger partial charge in [0, 0.05) is 19.2 Å². The molecule has 0 atom stereocenters. The van der Waals surface area contributed by atoms with Crippen LogP contribution in [0.3, 0.4) is 0 Å². The molecule has 0 saturated carbocycles. The predicted molar refractivity (Wildman–Crippen MR) is 82.8 cm³/mol. The second kappa shape index (κ2) is 7.48. The summed E-state index contributed by atoms with van der Waals surface area (Å²) in [5.41, 5.74) is 1.41. The van der Waals surface area contributed by atoms with Gasteiger partial charge in [0.15, 0.2) is 0 Å². The van der Waals surface area contributed by atoms with Gasteiger partial charge >= 0.3 is 0 Å². The molecular weight excluding hydrogens is 289 g/mol. The fourth-order valence-electron chi connectivity index (χ4n) is 1.97. The summed E-state index contributed by atoms with van der Waals surface area (Å²) in [4.78, 5) is 8.65. The van der Waals surface area contributed by atoms with Crippen LogP contribution < -0.4 is 5.32 Å². The van der Waals surface area contributed by atoms with Gasteiger partial charge in [-0.05, 0) is 30.2 Å². The highest BCUT2D eigenvalue weighted by molar-refractivity contribution is 6.30. The summed E-state index contributed by atoms with van der Waals surface area (Å²) in [6.45, 7) is 5.93. The number of rotatable bonds is 6. The minimum absolute atomic E-state index is 0.127. The van der Waals surface area contributed by atoms with E-state index in [9.17, 15) is 4.39 Å². The van der Waals surface area contributed by atoms with E-state index in [2.05, 4.69) is 29.1 Å². The Labute approximate surface area is 129 Å². The lowest BCUT2D eigenvalue weighted by molar-refractivity contribution is 0.547. The summed E-state index contributed by atoms with van der Waals surface area (Å²) in [6, 6.07) is 6.84. The molecule has 3 nitrogen and oxygen atoms in total. The van der Waals surface area contributed by atoms with E-state index in [0.717, 1.165) is 12.2 Å². The van der Waals surface area contributed by atoms with Crippen molar-refractivity contribution in [2.45, 2.75) is 26.8 Å². The summed E-state index contributed by atoms with van der Waals surface area (Å²) < 4.78 is 13.9. The van der Waals surface area contributed by atoms with Crippen LogP contribution in [0.5, 0.6) is 0 Å².